The monoisotopic (exact) mass is 268 g/mol. The normalized spacial score (nSPS) is 22.9. The summed E-state index contributed by atoms with van der Waals surface area (Å²) in [5, 5.41) is 0. The summed E-state index contributed by atoms with van der Waals surface area (Å²) in [7, 11) is 0. The van der Waals surface area contributed by atoms with Gasteiger partial charge < -0.3 is 0 Å². The first kappa shape index (κ1) is 14.8. The maximum absolute atomic E-state index is 10.4. The molecule has 0 saturated carbocycles. The maximum atomic E-state index is 10.4. The molecule has 0 spiro atoms. The third-order valence-corrected chi connectivity index (χ3v) is 3.97. The molecular weight excluding hydrogens is 244 g/mol. The second-order valence-corrected chi connectivity index (χ2v) is 5.65. The maximum Gasteiger partial charge on any atom is 0.143 e. The molecule has 0 saturated heterocycles. The highest BCUT2D eigenvalue weighted by molar-refractivity contribution is 5.66. The Kier molecular flexibility index (Phi) is 5.79. The number of carbonyl (C=O) groups excluding carboxylic acids is 1. The molecule has 2 aliphatic carbocycles. The molecular formula is C19H24O. The van der Waals surface area contributed by atoms with E-state index in [4.69, 9.17) is 0 Å². The third kappa shape index (κ3) is 4.48. The van der Waals surface area contributed by atoms with E-state index < -0.39 is 0 Å². The lowest BCUT2D eigenvalue weighted by Gasteiger charge is -2.20. The third-order valence-electron chi connectivity index (χ3n) is 3.97. The number of aldehydes is 1. The van der Waals surface area contributed by atoms with Crippen molar-refractivity contribution in [3.8, 4) is 0 Å². The molecule has 0 bridgehead atoms. The highest BCUT2D eigenvalue weighted by Crippen LogP contribution is 2.32. The van der Waals surface area contributed by atoms with Gasteiger partial charge in [-0.3, -0.25) is 4.79 Å². The summed E-state index contributed by atoms with van der Waals surface area (Å²) in [5.74, 6) is 0. The summed E-state index contributed by atoms with van der Waals surface area (Å²) >= 11 is 0. The van der Waals surface area contributed by atoms with Crippen molar-refractivity contribution in [2.24, 2.45) is 0 Å². The van der Waals surface area contributed by atoms with E-state index in [1.807, 2.05) is 13.0 Å². The predicted molar refractivity (Wildman–Crippen MR) is 85.5 cm³/mol. The molecule has 0 heterocycles. The van der Waals surface area contributed by atoms with Crippen LogP contribution in [0.3, 0.4) is 0 Å². The van der Waals surface area contributed by atoms with Gasteiger partial charge in [-0.1, -0.05) is 30.4 Å². The lowest BCUT2D eigenvalue weighted by molar-refractivity contribution is -0.104. The van der Waals surface area contributed by atoms with E-state index >= 15 is 0 Å². The van der Waals surface area contributed by atoms with E-state index in [9.17, 15) is 4.79 Å². The molecule has 0 aromatic rings. The summed E-state index contributed by atoms with van der Waals surface area (Å²) in [6.07, 6.45) is 22.3. The minimum absolute atomic E-state index is 0.834. The topological polar surface area (TPSA) is 17.1 Å². The largest absolute Gasteiger partial charge is 0.299 e. The van der Waals surface area contributed by atoms with Gasteiger partial charge >= 0.3 is 0 Å². The summed E-state index contributed by atoms with van der Waals surface area (Å²) in [6.45, 7) is 1.94. The summed E-state index contributed by atoms with van der Waals surface area (Å²) < 4.78 is 0. The van der Waals surface area contributed by atoms with Crippen LogP contribution in [-0.2, 0) is 4.79 Å². The molecule has 2 aliphatic rings. The number of hydrogen-bond donors (Lipinski definition) is 0. The Morgan fingerprint density at radius 3 is 2.70 bits per heavy atom. The van der Waals surface area contributed by atoms with Crippen LogP contribution in [0.4, 0.5) is 0 Å². The van der Waals surface area contributed by atoms with Crippen molar-refractivity contribution in [2.75, 3.05) is 0 Å². The molecule has 20 heavy (non-hydrogen) atoms. The molecule has 0 radical (unpaired) electrons. The van der Waals surface area contributed by atoms with E-state index in [1.54, 1.807) is 17.2 Å². The number of carbonyl (C=O) groups is 1. The molecule has 0 fully saturated rings. The van der Waals surface area contributed by atoms with Gasteiger partial charge in [-0.15, -0.1) is 0 Å². The van der Waals surface area contributed by atoms with Crippen LogP contribution in [0.25, 0.3) is 0 Å². The fraction of sp³-hybridized carbons (Fsp3) is 0.421. The van der Waals surface area contributed by atoms with Gasteiger partial charge in [-0.2, -0.15) is 0 Å². The van der Waals surface area contributed by atoms with Gasteiger partial charge in [0, 0.05) is 0 Å². The molecule has 0 aromatic heterocycles. The first-order valence-corrected chi connectivity index (χ1v) is 7.69. The Morgan fingerprint density at radius 2 is 1.95 bits per heavy atom. The Bertz CT molecular complexity index is 498. The van der Waals surface area contributed by atoms with E-state index in [2.05, 4.69) is 24.3 Å². The number of rotatable bonds is 4. The van der Waals surface area contributed by atoms with Crippen molar-refractivity contribution in [3.05, 3.63) is 58.7 Å². The van der Waals surface area contributed by atoms with Gasteiger partial charge in [0.25, 0.3) is 0 Å². The van der Waals surface area contributed by atoms with Crippen molar-refractivity contribution in [3.63, 3.8) is 0 Å². The van der Waals surface area contributed by atoms with Crippen LogP contribution < -0.4 is 0 Å². The van der Waals surface area contributed by atoms with Crippen LogP contribution in [0.1, 0.15) is 51.9 Å². The lowest BCUT2D eigenvalue weighted by atomic mass is 9.85. The van der Waals surface area contributed by atoms with Crippen LogP contribution >= 0.6 is 0 Å². The first-order valence-electron chi connectivity index (χ1n) is 7.69. The Balaban J connectivity index is 2.06. The van der Waals surface area contributed by atoms with Crippen LogP contribution in [0.5, 0.6) is 0 Å². The zero-order chi connectivity index (χ0) is 14.2. The van der Waals surface area contributed by atoms with Gasteiger partial charge in [0.05, 0.1) is 0 Å². The standard InChI is InChI=1S/C19H24O/c1-16(13-14-20)7-5-8-17-9-6-12-19(15-17)18-10-3-2-4-11-18/h5,7-8,10,13-15H,2-4,6,9,11-12H2,1H3/b7-5+,16-13+,17-8+. The average molecular weight is 268 g/mol. The highest BCUT2D eigenvalue weighted by Gasteiger charge is 2.12. The van der Waals surface area contributed by atoms with Gasteiger partial charge in [-0.25, -0.2) is 0 Å². The zero-order valence-corrected chi connectivity index (χ0v) is 12.4. The molecule has 1 heteroatoms. The molecule has 0 aromatic carbocycles. The fourth-order valence-corrected chi connectivity index (χ4v) is 2.85. The molecule has 0 N–H and O–H groups in total. The van der Waals surface area contributed by atoms with Crippen LogP contribution in [0, 0.1) is 0 Å². The quantitative estimate of drug-likeness (QED) is 0.388. The number of hydrogen-bond acceptors (Lipinski definition) is 1. The zero-order valence-electron chi connectivity index (χ0n) is 12.4. The lowest BCUT2D eigenvalue weighted by Crippen LogP contribution is -2.01. The minimum Gasteiger partial charge on any atom is -0.299 e. The van der Waals surface area contributed by atoms with Crippen molar-refractivity contribution in [1.29, 1.82) is 0 Å². The molecule has 0 unspecified atom stereocenters. The average Bonchev–Trinajstić information content (AvgIpc) is 2.49. The Morgan fingerprint density at radius 1 is 1.10 bits per heavy atom. The van der Waals surface area contributed by atoms with Crippen molar-refractivity contribution in [1.82, 2.24) is 0 Å². The smallest absolute Gasteiger partial charge is 0.143 e. The first-order chi connectivity index (χ1) is 9.79. The minimum atomic E-state index is 0.834. The Hall–Kier alpha value is -1.63. The molecule has 0 atom stereocenters. The van der Waals surface area contributed by atoms with Crippen LogP contribution in [-0.4, -0.2) is 6.29 Å². The number of allylic oxidation sites excluding steroid dienone is 10. The fourth-order valence-electron chi connectivity index (χ4n) is 2.85. The highest BCUT2D eigenvalue weighted by atomic mass is 16.1. The molecule has 0 amide bonds. The Labute approximate surface area is 122 Å². The summed E-state index contributed by atoms with van der Waals surface area (Å²) in [4.78, 5) is 10.4. The molecule has 0 aliphatic heterocycles. The second kappa shape index (κ2) is 7.84. The summed E-state index contributed by atoms with van der Waals surface area (Å²) in [6, 6.07) is 0. The molecule has 1 nitrogen and oxygen atoms in total. The van der Waals surface area contributed by atoms with E-state index in [1.165, 1.54) is 44.1 Å². The van der Waals surface area contributed by atoms with Crippen molar-refractivity contribution in [2.45, 2.75) is 51.9 Å². The van der Waals surface area contributed by atoms with Gasteiger partial charge in [0.15, 0.2) is 0 Å². The van der Waals surface area contributed by atoms with E-state index in [-0.39, 0.29) is 0 Å². The van der Waals surface area contributed by atoms with Crippen LogP contribution in [0.15, 0.2) is 58.7 Å². The van der Waals surface area contributed by atoms with Crippen LogP contribution in [0.2, 0.25) is 0 Å². The second-order valence-electron chi connectivity index (χ2n) is 5.65. The van der Waals surface area contributed by atoms with Gasteiger partial charge in [0.2, 0.25) is 0 Å². The SMILES string of the molecule is CC(/C=C/C=C1/C=C(C2=CCCCC2)CCC1)=C\C=O. The summed E-state index contributed by atoms with van der Waals surface area (Å²) in [5.41, 5.74) is 5.54. The van der Waals surface area contributed by atoms with E-state index in [0.29, 0.717) is 0 Å². The van der Waals surface area contributed by atoms with E-state index in [0.717, 1.165) is 18.3 Å². The van der Waals surface area contributed by atoms with Gasteiger partial charge in [-0.05, 0) is 80.2 Å². The molecule has 106 valence electrons. The molecule has 2 rings (SSSR count). The van der Waals surface area contributed by atoms with Gasteiger partial charge in [0.1, 0.15) is 6.29 Å². The predicted octanol–water partition coefficient (Wildman–Crippen LogP) is 5.22. The van der Waals surface area contributed by atoms with Crippen molar-refractivity contribution >= 4 is 6.29 Å². The van der Waals surface area contributed by atoms with Crippen molar-refractivity contribution < 1.29 is 4.79 Å².